The second kappa shape index (κ2) is 7.14. The Morgan fingerprint density at radius 1 is 1.50 bits per heavy atom. The zero-order valence-corrected chi connectivity index (χ0v) is 11.4. The molecule has 0 aromatic rings. The van der Waals surface area contributed by atoms with E-state index in [1.54, 1.807) is 6.08 Å². The molecule has 0 spiro atoms. The van der Waals surface area contributed by atoms with E-state index in [1.165, 1.54) is 5.57 Å². The molecule has 0 radical (unpaired) electrons. The first kappa shape index (κ1) is 14.7. The summed E-state index contributed by atoms with van der Waals surface area (Å²) in [6.07, 6.45) is 6.07. The van der Waals surface area contributed by atoms with Crippen LogP contribution in [0.3, 0.4) is 0 Å². The topological polar surface area (TPSA) is 46.2 Å². The molecular formula is C15H23NO2. The van der Waals surface area contributed by atoms with E-state index in [9.17, 15) is 9.59 Å². The van der Waals surface area contributed by atoms with E-state index in [-0.39, 0.29) is 17.7 Å². The molecule has 0 saturated carbocycles. The normalized spacial score (nSPS) is 23.9. The zero-order valence-electron chi connectivity index (χ0n) is 11.4. The highest BCUT2D eigenvalue weighted by Crippen LogP contribution is 2.21. The van der Waals surface area contributed by atoms with Gasteiger partial charge in [0.2, 0.25) is 5.91 Å². The number of hydrogen-bond acceptors (Lipinski definition) is 2. The number of nitrogens with one attached hydrogen (secondary N) is 1. The van der Waals surface area contributed by atoms with Crippen LogP contribution in [-0.4, -0.2) is 17.7 Å². The molecule has 18 heavy (non-hydrogen) atoms. The molecule has 1 N–H and O–H groups in total. The van der Waals surface area contributed by atoms with Gasteiger partial charge in [-0.05, 0) is 37.3 Å². The van der Waals surface area contributed by atoms with Crippen LogP contribution in [-0.2, 0) is 9.59 Å². The third kappa shape index (κ3) is 4.47. The fraction of sp³-hybridized carbons (Fsp3) is 0.600. The standard InChI is InChI=1S/C15H23NO2/c1-4-6-15(18)16-14-8-7-12(5-2)10-13(17)9-11(14)3/h10,14H,3-9H2,1-2H3,(H,16,18)/b12-10-. The van der Waals surface area contributed by atoms with Gasteiger partial charge < -0.3 is 5.32 Å². The van der Waals surface area contributed by atoms with Crippen LogP contribution in [0.5, 0.6) is 0 Å². The summed E-state index contributed by atoms with van der Waals surface area (Å²) in [6.45, 7) is 7.98. The molecule has 1 aliphatic carbocycles. The Bertz CT molecular complexity index is 369. The fourth-order valence-electron chi connectivity index (χ4n) is 2.18. The van der Waals surface area contributed by atoms with Crippen molar-refractivity contribution in [3.63, 3.8) is 0 Å². The van der Waals surface area contributed by atoms with Crippen molar-refractivity contribution in [1.29, 1.82) is 0 Å². The summed E-state index contributed by atoms with van der Waals surface area (Å²) in [5.74, 6) is 0.157. The summed E-state index contributed by atoms with van der Waals surface area (Å²) >= 11 is 0. The second-order valence-electron chi connectivity index (χ2n) is 4.87. The molecule has 0 aliphatic heterocycles. The monoisotopic (exact) mass is 249 g/mol. The lowest BCUT2D eigenvalue weighted by Gasteiger charge is -2.23. The van der Waals surface area contributed by atoms with Crippen molar-refractivity contribution in [1.82, 2.24) is 5.32 Å². The summed E-state index contributed by atoms with van der Waals surface area (Å²) < 4.78 is 0. The van der Waals surface area contributed by atoms with Crippen LogP contribution in [0.25, 0.3) is 0 Å². The molecule has 0 aromatic carbocycles. The Morgan fingerprint density at radius 3 is 2.83 bits per heavy atom. The van der Waals surface area contributed by atoms with E-state index in [2.05, 4.69) is 18.8 Å². The minimum absolute atomic E-state index is 0.0525. The van der Waals surface area contributed by atoms with Crippen LogP contribution in [0.1, 0.15) is 52.4 Å². The molecule has 0 aromatic heterocycles. The molecule has 1 aliphatic rings. The quantitative estimate of drug-likeness (QED) is 0.779. The number of carbonyl (C=O) groups excluding carboxylic acids is 2. The van der Waals surface area contributed by atoms with Gasteiger partial charge in [0.05, 0.1) is 6.04 Å². The molecule has 0 fully saturated rings. The zero-order chi connectivity index (χ0) is 13.5. The maximum absolute atomic E-state index is 11.7. The van der Waals surface area contributed by atoms with Gasteiger partial charge in [0.15, 0.2) is 5.78 Å². The number of carbonyl (C=O) groups is 2. The van der Waals surface area contributed by atoms with Gasteiger partial charge in [0.1, 0.15) is 0 Å². The molecule has 1 amide bonds. The Labute approximate surface area is 109 Å². The van der Waals surface area contributed by atoms with Crippen molar-refractivity contribution in [3.8, 4) is 0 Å². The van der Waals surface area contributed by atoms with Crippen molar-refractivity contribution in [2.45, 2.75) is 58.4 Å². The second-order valence-corrected chi connectivity index (χ2v) is 4.87. The van der Waals surface area contributed by atoms with Crippen LogP contribution in [0.4, 0.5) is 0 Å². The van der Waals surface area contributed by atoms with Crippen molar-refractivity contribution in [2.75, 3.05) is 0 Å². The molecule has 1 atom stereocenters. The van der Waals surface area contributed by atoms with Crippen molar-refractivity contribution in [3.05, 3.63) is 23.8 Å². The molecular weight excluding hydrogens is 226 g/mol. The van der Waals surface area contributed by atoms with E-state index >= 15 is 0 Å². The molecule has 0 heterocycles. The number of allylic oxidation sites excluding steroid dienone is 2. The van der Waals surface area contributed by atoms with Gasteiger partial charge in [0.25, 0.3) is 0 Å². The van der Waals surface area contributed by atoms with Gasteiger partial charge in [-0.1, -0.05) is 26.0 Å². The van der Waals surface area contributed by atoms with E-state index in [0.29, 0.717) is 12.8 Å². The minimum atomic E-state index is -0.0525. The van der Waals surface area contributed by atoms with Gasteiger partial charge in [-0.15, -0.1) is 0 Å². The molecule has 0 saturated heterocycles. The van der Waals surface area contributed by atoms with Crippen LogP contribution < -0.4 is 5.32 Å². The minimum Gasteiger partial charge on any atom is -0.350 e. The van der Waals surface area contributed by atoms with Crippen molar-refractivity contribution < 1.29 is 9.59 Å². The smallest absolute Gasteiger partial charge is 0.220 e. The van der Waals surface area contributed by atoms with E-state index in [4.69, 9.17) is 0 Å². The summed E-state index contributed by atoms with van der Waals surface area (Å²) in [6, 6.07) is -0.0525. The van der Waals surface area contributed by atoms with E-state index in [1.807, 2.05) is 6.92 Å². The van der Waals surface area contributed by atoms with Gasteiger partial charge in [-0.25, -0.2) is 0 Å². The van der Waals surface area contributed by atoms with Crippen molar-refractivity contribution >= 4 is 11.7 Å². The SMILES string of the molecule is C=C1CC(=O)/C=C(/CC)CCC1NC(=O)CCC. The van der Waals surface area contributed by atoms with Crippen LogP contribution in [0.2, 0.25) is 0 Å². The number of ketones is 1. The average molecular weight is 249 g/mol. The summed E-state index contributed by atoms with van der Waals surface area (Å²) in [5.41, 5.74) is 2.00. The first-order chi connectivity index (χ1) is 8.56. The Hall–Kier alpha value is -1.38. The Morgan fingerprint density at radius 2 is 2.22 bits per heavy atom. The average Bonchev–Trinajstić information content (AvgIpc) is 2.31. The third-order valence-corrected chi connectivity index (χ3v) is 3.28. The lowest BCUT2D eigenvalue weighted by Crippen LogP contribution is -2.37. The Kier molecular flexibility index (Phi) is 5.83. The lowest BCUT2D eigenvalue weighted by atomic mass is 9.91. The maximum Gasteiger partial charge on any atom is 0.220 e. The Balaban J connectivity index is 2.69. The van der Waals surface area contributed by atoms with Gasteiger partial charge >= 0.3 is 0 Å². The maximum atomic E-state index is 11.7. The fourth-order valence-corrected chi connectivity index (χ4v) is 2.18. The molecule has 100 valence electrons. The largest absolute Gasteiger partial charge is 0.350 e. The number of amides is 1. The molecule has 3 heteroatoms. The number of hydrogen-bond donors (Lipinski definition) is 1. The van der Waals surface area contributed by atoms with Crippen LogP contribution >= 0.6 is 0 Å². The summed E-state index contributed by atoms with van der Waals surface area (Å²) in [5, 5.41) is 2.98. The van der Waals surface area contributed by atoms with Crippen LogP contribution in [0, 0.1) is 0 Å². The third-order valence-electron chi connectivity index (χ3n) is 3.28. The van der Waals surface area contributed by atoms with Gasteiger partial charge in [-0.2, -0.15) is 0 Å². The van der Waals surface area contributed by atoms with Gasteiger partial charge in [-0.3, -0.25) is 9.59 Å². The van der Waals surface area contributed by atoms with Gasteiger partial charge in [0, 0.05) is 12.8 Å². The molecule has 1 unspecified atom stereocenters. The predicted molar refractivity (Wildman–Crippen MR) is 73.2 cm³/mol. The van der Waals surface area contributed by atoms with Crippen LogP contribution in [0.15, 0.2) is 23.8 Å². The van der Waals surface area contributed by atoms with Crippen molar-refractivity contribution in [2.24, 2.45) is 0 Å². The molecule has 1 rings (SSSR count). The molecule has 3 nitrogen and oxygen atoms in total. The van der Waals surface area contributed by atoms with E-state index < -0.39 is 0 Å². The first-order valence-electron chi connectivity index (χ1n) is 6.76. The first-order valence-corrected chi connectivity index (χ1v) is 6.76. The summed E-state index contributed by atoms with van der Waals surface area (Å²) in [7, 11) is 0. The highest BCUT2D eigenvalue weighted by Gasteiger charge is 2.19. The molecule has 0 bridgehead atoms. The van der Waals surface area contributed by atoms with E-state index in [0.717, 1.165) is 31.3 Å². The summed E-state index contributed by atoms with van der Waals surface area (Å²) in [4.78, 5) is 23.4. The number of rotatable bonds is 4. The highest BCUT2D eigenvalue weighted by molar-refractivity contribution is 5.92. The lowest BCUT2D eigenvalue weighted by molar-refractivity contribution is -0.122. The predicted octanol–water partition coefficient (Wildman–Crippen LogP) is 2.92. The highest BCUT2D eigenvalue weighted by atomic mass is 16.1.